The number of guanidine groups is 1. The summed E-state index contributed by atoms with van der Waals surface area (Å²) in [6.45, 7) is 0.229. The molecule has 0 aliphatic rings. The van der Waals surface area contributed by atoms with E-state index in [1.807, 2.05) is 206 Å². The third-order valence-corrected chi connectivity index (χ3v) is 19.3. The molecule has 0 radical (unpaired) electrons. The average molecular weight is 1610 g/mol. The summed E-state index contributed by atoms with van der Waals surface area (Å²) in [5.74, 6) is -6.45. The molecule has 9 aromatic rings. The number of benzene rings is 8. The topological polar surface area (TPSA) is 469 Å². The lowest BCUT2D eigenvalue weighted by Crippen LogP contribution is -2.48. The highest BCUT2D eigenvalue weighted by molar-refractivity contribution is 8.13. The van der Waals surface area contributed by atoms with Crippen LogP contribution in [0.5, 0.6) is 0 Å². The summed E-state index contributed by atoms with van der Waals surface area (Å²) in [6.07, 6.45) is 2.35. The lowest BCUT2D eigenvalue weighted by atomic mass is 9.77. The Morgan fingerprint density at radius 1 is 0.495 bits per heavy atom. The summed E-state index contributed by atoms with van der Waals surface area (Å²) in [7, 11) is -6.26. The Hall–Kier alpha value is -10.9. The number of ketones is 2. The second-order valence-electron chi connectivity index (χ2n) is 25.6. The third kappa shape index (κ3) is 29.5. The molecule has 111 heavy (non-hydrogen) atoms. The zero-order valence-electron chi connectivity index (χ0n) is 61.0. The zero-order chi connectivity index (χ0) is 81.4. The van der Waals surface area contributed by atoms with Crippen molar-refractivity contribution in [1.29, 1.82) is 0 Å². The Labute approximate surface area is 653 Å². The van der Waals surface area contributed by atoms with E-state index in [2.05, 4.69) is 46.1 Å². The van der Waals surface area contributed by atoms with Gasteiger partial charge in [0.25, 0.3) is 0 Å². The monoisotopic (exact) mass is 1610 g/mol. The van der Waals surface area contributed by atoms with Crippen LogP contribution >= 0.6 is 22.0 Å². The largest absolute Gasteiger partial charge is 0.480 e. The van der Waals surface area contributed by atoms with Crippen molar-refractivity contribution >= 4 is 114 Å². The third-order valence-electron chi connectivity index (χ3n) is 16.9. The first-order valence-corrected chi connectivity index (χ1v) is 42.0. The molecule has 15 N–H and O–H groups in total. The van der Waals surface area contributed by atoms with Gasteiger partial charge in [-0.2, -0.15) is 0 Å². The van der Waals surface area contributed by atoms with Gasteiger partial charge < -0.3 is 49.1 Å². The number of primary amides is 1. The molecule has 9 rings (SSSR count). The summed E-state index contributed by atoms with van der Waals surface area (Å²) in [6, 6.07) is 69.3. The van der Waals surface area contributed by atoms with Gasteiger partial charge in [-0.05, 0) is 89.6 Å². The van der Waals surface area contributed by atoms with E-state index in [0.29, 0.717) is 11.9 Å². The van der Waals surface area contributed by atoms with Gasteiger partial charge in [0.1, 0.15) is 23.2 Å². The minimum atomic E-state index is -3.82. The van der Waals surface area contributed by atoms with Crippen molar-refractivity contribution in [2.24, 2.45) is 33.8 Å². The predicted molar refractivity (Wildman–Crippen MR) is 428 cm³/mol. The minimum absolute atomic E-state index is 0.0156. The number of hydrogen-bond acceptors (Lipinski definition) is 18. The van der Waals surface area contributed by atoms with Gasteiger partial charge in [-0.1, -0.05) is 224 Å². The second-order valence-corrected chi connectivity index (χ2v) is 33.3. The quantitative estimate of drug-likeness (QED) is 0.00456. The molecule has 0 saturated heterocycles. The van der Waals surface area contributed by atoms with Crippen molar-refractivity contribution in [3.8, 4) is 0 Å². The van der Waals surface area contributed by atoms with Crippen LogP contribution in [0.3, 0.4) is 0 Å². The maximum atomic E-state index is 13.8. The van der Waals surface area contributed by atoms with Crippen molar-refractivity contribution in [3.63, 3.8) is 0 Å². The summed E-state index contributed by atoms with van der Waals surface area (Å²) >= 11 is 1.21. The van der Waals surface area contributed by atoms with Crippen LogP contribution in [0.15, 0.2) is 242 Å². The number of aliphatic carboxylic acids is 2. The number of carbonyl (C=O) groups excluding carboxylic acids is 6. The highest BCUT2D eigenvalue weighted by atomic mass is 35.7. The lowest BCUT2D eigenvalue weighted by molar-refractivity contribution is -0.140. The van der Waals surface area contributed by atoms with Gasteiger partial charge in [0.2, 0.25) is 58.5 Å². The van der Waals surface area contributed by atoms with Crippen LogP contribution in [0.1, 0.15) is 107 Å². The van der Waals surface area contributed by atoms with Crippen LogP contribution in [0.4, 0.5) is 0 Å². The van der Waals surface area contributed by atoms with Crippen molar-refractivity contribution in [1.82, 2.24) is 30.4 Å². The molecule has 0 unspecified atom stereocenters. The molecule has 0 saturated carbocycles. The number of carboxylic acids is 2. The van der Waals surface area contributed by atoms with E-state index in [0.717, 1.165) is 62.4 Å². The van der Waals surface area contributed by atoms with Crippen molar-refractivity contribution in [2.75, 3.05) is 25.3 Å². The Morgan fingerprint density at radius 2 is 0.865 bits per heavy atom. The fraction of sp³-hybridized carbons (Fsp3) is 0.266. The molecule has 0 bridgehead atoms. The number of sulfonamides is 2. The number of aliphatic imine (C=N–C) groups is 1. The summed E-state index contributed by atoms with van der Waals surface area (Å²) in [4.78, 5) is 109. The molecule has 0 aliphatic carbocycles. The average Bonchev–Trinajstić information content (AvgIpc) is 1.29. The number of nitrogens with two attached hydrogens (primary N) is 4. The molecule has 1 aromatic heterocycles. The van der Waals surface area contributed by atoms with Crippen LogP contribution in [0.25, 0.3) is 10.2 Å². The fourth-order valence-corrected chi connectivity index (χ4v) is 14.3. The molecule has 588 valence electrons. The highest BCUT2D eigenvalue weighted by Gasteiger charge is 2.40. The Morgan fingerprint density at radius 3 is 1.23 bits per heavy atom. The van der Waals surface area contributed by atoms with Gasteiger partial charge in [0.05, 0.1) is 41.1 Å². The van der Waals surface area contributed by atoms with E-state index in [4.69, 9.17) is 28.0 Å². The maximum absolute atomic E-state index is 13.8. The number of Topliss-reactive ketones (excluding diaryl/α,β-unsaturated/α-hetero) is 2. The van der Waals surface area contributed by atoms with E-state index in [1.54, 1.807) is 30.3 Å². The first-order chi connectivity index (χ1) is 52.6. The van der Waals surface area contributed by atoms with Gasteiger partial charge in [-0.15, -0.1) is 11.3 Å². The number of rotatable bonds is 36. The predicted octanol–water partition coefficient (Wildman–Crippen LogP) is 7.37. The zero-order valence-corrected chi connectivity index (χ0v) is 65.0. The van der Waals surface area contributed by atoms with Crippen LogP contribution in [-0.4, -0.2) is 143 Å². The Kier molecular flexibility index (Phi) is 34.4. The molecule has 4 amide bonds. The highest BCUT2D eigenvalue weighted by Crippen LogP contribution is 2.39. The van der Waals surface area contributed by atoms with E-state index < -0.39 is 111 Å². The number of nitrogens with zero attached hydrogens (tertiary/aromatic N) is 2. The number of fused-ring (bicyclic) bond motifs is 1. The number of hydrogen-bond donors (Lipinski definition) is 11. The van der Waals surface area contributed by atoms with E-state index in [-0.39, 0.29) is 81.2 Å². The van der Waals surface area contributed by atoms with Gasteiger partial charge in [-0.3, -0.25) is 43.3 Å². The van der Waals surface area contributed by atoms with Gasteiger partial charge >= 0.3 is 11.9 Å². The molecule has 1 heterocycles. The van der Waals surface area contributed by atoms with Crippen molar-refractivity contribution in [3.05, 3.63) is 281 Å². The van der Waals surface area contributed by atoms with Crippen molar-refractivity contribution in [2.45, 2.75) is 99.5 Å². The second kappa shape index (κ2) is 42.9. The Bertz CT molecular complexity index is 4710. The number of carboxylic acid groups (broad SMARTS) is 2. The molecule has 27 nitrogen and oxygen atoms in total. The number of thiazole rings is 1. The minimum Gasteiger partial charge on any atom is -0.480 e. The molecule has 5 atom stereocenters. The Balaban J connectivity index is 0.000000257. The summed E-state index contributed by atoms with van der Waals surface area (Å²) < 4.78 is 70.8. The molecule has 0 spiro atoms. The first-order valence-electron chi connectivity index (χ1n) is 34.7. The number of para-hydroxylation sites is 1. The lowest BCUT2D eigenvalue weighted by Gasteiger charge is -2.37. The molecule has 0 aliphatic heterocycles. The van der Waals surface area contributed by atoms with Gasteiger partial charge in [0.15, 0.2) is 16.8 Å². The van der Waals surface area contributed by atoms with Crippen LogP contribution in [-0.2, 0) is 80.2 Å². The summed E-state index contributed by atoms with van der Waals surface area (Å²) in [5, 5.41) is 27.7. The fourth-order valence-electron chi connectivity index (χ4n) is 11.8. The number of amides is 4. The van der Waals surface area contributed by atoms with Crippen LogP contribution in [0, 0.1) is 5.92 Å². The van der Waals surface area contributed by atoms with Crippen LogP contribution in [0.2, 0.25) is 0 Å². The first kappa shape index (κ1) is 89.0. The number of aromatic nitrogens is 1. The van der Waals surface area contributed by atoms with Crippen LogP contribution < -0.4 is 48.3 Å². The normalized spacial score (nSPS) is 12.8. The molecule has 0 fully saturated rings. The standard InChI is InChI=1S/C29H37N7O6S2.C25H26N2O5S.C24H24N2O3.CH3ClO2S/c1-44(41,42)36-20(13-14-25(30)38)23(37)17-19(16-18-8-3-2-4-9-18)27(40)34-22(11-7-15-33-29(31)32)26(39)28-35-21-10-5-6-12-24(21)43-28;1-33(31,32)27-22(24(29)30)17-18-23(28)26-25(19-11-5-2-6-12-19,20-13-7-3-8-14-20)21-15-9-4-10-16-21;25-21(23(28)29)16-17-22(27)26-24(18-10-4-1-5-11-18,19-12-6-2-7-13-19)20-14-8-3-9-15-20;1-5(2,3)4/h2-6,8-10,12,19-20,22,36H,7,11,13-17H2,1H3,(H2,30,38)(H,34,40)(H4,31,32,33);2-16,22,27H,17-18H2,1H3,(H,26,28)(H,29,30);1-15,21H,16-17,25H2,(H,26,27)(H,28,29);1H3/t19-,20+,22+;22-;21-;/m100./s1. The van der Waals surface area contributed by atoms with E-state index >= 15 is 0 Å². The van der Waals surface area contributed by atoms with E-state index in [1.165, 1.54) is 11.3 Å². The summed E-state index contributed by atoms with van der Waals surface area (Å²) in [5.41, 5.74) is 26.4. The molecule has 32 heteroatoms. The van der Waals surface area contributed by atoms with Crippen molar-refractivity contribution < 1.29 is 73.8 Å². The molecular formula is C79H90ClN11O16S4. The number of halogens is 1. The number of carbonyl (C=O) groups is 8. The smallest absolute Gasteiger partial charge is 0.321 e. The molecule has 8 aromatic carbocycles. The number of nitrogens with one attached hydrogen (secondary N) is 5. The maximum Gasteiger partial charge on any atom is 0.321 e. The molecular weight excluding hydrogens is 1520 g/mol. The van der Waals surface area contributed by atoms with Gasteiger partial charge in [0, 0.05) is 48.8 Å². The van der Waals surface area contributed by atoms with E-state index in [9.17, 15) is 68.7 Å². The van der Waals surface area contributed by atoms with Gasteiger partial charge in [-0.25, -0.2) is 39.7 Å². The SMILES string of the molecule is CS(=O)(=O)Cl.CS(=O)(=O)N[C@@H](CCC(=O)NC(c1ccccc1)(c1ccccc1)c1ccccc1)C(=O)O.CS(=O)(=O)N[C@@H](CCC(N)=O)C(=O)C[C@@H](Cc1ccccc1)C(=O)N[C@@H](CCCN=C(N)N)C(=O)c1nc2ccccc2s1.N[C@@H](CCC(=O)NC(c1ccccc1)(c1ccccc1)c1ccccc1)C(=O)O.